The molecule has 6 rings (SSSR count). The number of carbonyl (C=O) groups excluding carboxylic acids is 1. The Morgan fingerprint density at radius 3 is 2.57 bits per heavy atom. The molecule has 11 heteroatoms. The van der Waals surface area contributed by atoms with Gasteiger partial charge in [0.15, 0.2) is 5.82 Å². The fourth-order valence-corrected chi connectivity index (χ4v) is 6.77. The van der Waals surface area contributed by atoms with Crippen molar-refractivity contribution < 1.29 is 13.9 Å². The Hall–Kier alpha value is -3.41. The Morgan fingerprint density at radius 2 is 1.78 bits per heavy atom. The number of amides is 1. The molecule has 2 aliphatic rings. The van der Waals surface area contributed by atoms with E-state index >= 15 is 0 Å². The highest BCUT2D eigenvalue weighted by molar-refractivity contribution is 8.24. The molecule has 1 saturated carbocycles. The van der Waals surface area contributed by atoms with Gasteiger partial charge in [-0.05, 0) is 37.1 Å². The Bertz CT molecular complexity index is 1450. The van der Waals surface area contributed by atoms with E-state index in [1.165, 1.54) is 25.6 Å². The largest absolute Gasteiger partial charge is 0.382 e. The molecule has 37 heavy (non-hydrogen) atoms. The number of carbonyl (C=O) groups is 1. The molecule has 194 valence electrons. The second kappa shape index (κ2) is 9.47. The number of fused-ring (bicyclic) bond motifs is 1. The van der Waals surface area contributed by atoms with Crippen molar-refractivity contribution in [3.63, 3.8) is 0 Å². The van der Waals surface area contributed by atoms with Crippen LogP contribution in [0.3, 0.4) is 0 Å². The van der Waals surface area contributed by atoms with Crippen LogP contribution in [0.2, 0.25) is 0 Å². The van der Waals surface area contributed by atoms with E-state index in [0.29, 0.717) is 36.0 Å². The second-order valence-corrected chi connectivity index (χ2v) is 12.3. The number of hydrogen-bond donors (Lipinski definition) is 3. The third kappa shape index (κ3) is 4.47. The van der Waals surface area contributed by atoms with Gasteiger partial charge in [0, 0.05) is 36.0 Å². The Kier molecular flexibility index (Phi) is 6.13. The molecule has 10 nitrogen and oxygen atoms in total. The standard InChI is InChI=1S/C26H31N7O3S/c27-25-24-21(22-9-10-29-32(22)20-7-2-1-3-8-20)16-23(33(24)30-17-28-25)18-5-4-6-19(15-18)26(34)31-11-13-37(35,36)14-12-31/h4-6,9-10,15-17,20,35-36H,1-3,7-8,11-14H2,(H2,27,28,30). The van der Waals surface area contributed by atoms with Crippen molar-refractivity contribution >= 4 is 27.8 Å². The van der Waals surface area contributed by atoms with Crippen LogP contribution in [0.25, 0.3) is 28.0 Å². The zero-order valence-corrected chi connectivity index (χ0v) is 21.3. The Labute approximate surface area is 216 Å². The van der Waals surface area contributed by atoms with Crippen LogP contribution in [0.5, 0.6) is 0 Å². The molecule has 2 fully saturated rings. The maximum atomic E-state index is 13.2. The number of hydrogen-bond acceptors (Lipinski definition) is 7. The topological polar surface area (TPSA) is 135 Å². The first-order valence-electron chi connectivity index (χ1n) is 12.7. The quantitative estimate of drug-likeness (QED) is 0.358. The fourth-order valence-electron chi connectivity index (χ4n) is 5.54. The lowest BCUT2D eigenvalue weighted by Gasteiger charge is -2.40. The lowest BCUT2D eigenvalue weighted by Crippen LogP contribution is -2.42. The summed E-state index contributed by atoms with van der Waals surface area (Å²) in [4.78, 5) is 19.2. The van der Waals surface area contributed by atoms with Gasteiger partial charge < -0.3 is 10.6 Å². The molecule has 0 radical (unpaired) electrons. The molecular weight excluding hydrogens is 490 g/mol. The van der Waals surface area contributed by atoms with Gasteiger partial charge >= 0.3 is 0 Å². The van der Waals surface area contributed by atoms with Crippen molar-refractivity contribution in [1.29, 1.82) is 0 Å². The minimum Gasteiger partial charge on any atom is -0.382 e. The van der Waals surface area contributed by atoms with Gasteiger partial charge in [0.05, 0.1) is 28.9 Å². The Morgan fingerprint density at radius 1 is 1.00 bits per heavy atom. The van der Waals surface area contributed by atoms with E-state index < -0.39 is 10.6 Å². The highest BCUT2D eigenvalue weighted by Crippen LogP contribution is 2.41. The summed E-state index contributed by atoms with van der Waals surface area (Å²) >= 11 is 0. The maximum Gasteiger partial charge on any atom is 0.253 e. The summed E-state index contributed by atoms with van der Waals surface area (Å²) in [5.41, 5.74) is 11.2. The molecule has 1 amide bonds. The summed E-state index contributed by atoms with van der Waals surface area (Å²) in [6.45, 7) is 0.664. The first-order chi connectivity index (χ1) is 17.9. The van der Waals surface area contributed by atoms with Crippen molar-refractivity contribution in [3.8, 4) is 22.5 Å². The molecule has 4 aromatic rings. The van der Waals surface area contributed by atoms with Crippen LogP contribution >= 0.6 is 10.6 Å². The lowest BCUT2D eigenvalue weighted by atomic mass is 9.95. The normalized spacial score (nSPS) is 19.2. The molecule has 3 aromatic heterocycles. The van der Waals surface area contributed by atoms with E-state index in [4.69, 9.17) is 5.73 Å². The van der Waals surface area contributed by atoms with Crippen LogP contribution in [0.1, 0.15) is 48.5 Å². The van der Waals surface area contributed by atoms with E-state index in [2.05, 4.69) is 25.9 Å². The molecule has 0 spiro atoms. The van der Waals surface area contributed by atoms with Crippen molar-refractivity contribution in [2.24, 2.45) is 0 Å². The smallest absolute Gasteiger partial charge is 0.253 e. The molecule has 1 saturated heterocycles. The SMILES string of the molecule is Nc1ncnn2c(-c3cccc(C(=O)N4CCS(O)(O)CC4)c3)cc(-c3ccnn3C3CCCCC3)c12. The molecule has 1 aliphatic carbocycles. The fraction of sp³-hybridized carbons (Fsp3) is 0.385. The zero-order chi connectivity index (χ0) is 25.6. The minimum atomic E-state index is -2.57. The predicted molar refractivity (Wildman–Crippen MR) is 145 cm³/mol. The van der Waals surface area contributed by atoms with Gasteiger partial charge in [-0.25, -0.2) is 9.50 Å². The number of aromatic nitrogens is 5. The molecule has 0 unspecified atom stereocenters. The highest BCUT2D eigenvalue weighted by Gasteiger charge is 2.27. The van der Waals surface area contributed by atoms with E-state index in [9.17, 15) is 13.9 Å². The number of nitrogen functional groups attached to an aromatic ring is 1. The van der Waals surface area contributed by atoms with Gasteiger partial charge in [-0.15, -0.1) is 0 Å². The molecular formula is C26H31N7O3S. The van der Waals surface area contributed by atoms with Gasteiger partial charge in [-0.2, -0.15) is 20.8 Å². The lowest BCUT2D eigenvalue weighted by molar-refractivity contribution is 0.0768. The first-order valence-corrected chi connectivity index (χ1v) is 14.6. The van der Waals surface area contributed by atoms with Crippen LogP contribution in [0.4, 0.5) is 5.82 Å². The monoisotopic (exact) mass is 521 g/mol. The van der Waals surface area contributed by atoms with Crippen LogP contribution in [0, 0.1) is 0 Å². The number of benzene rings is 1. The summed E-state index contributed by atoms with van der Waals surface area (Å²) < 4.78 is 23.7. The number of nitrogens with two attached hydrogens (primary N) is 1. The van der Waals surface area contributed by atoms with Crippen LogP contribution in [-0.4, -0.2) is 68.9 Å². The predicted octanol–water partition coefficient (Wildman–Crippen LogP) is 4.55. The van der Waals surface area contributed by atoms with E-state index in [-0.39, 0.29) is 17.4 Å². The van der Waals surface area contributed by atoms with E-state index in [0.717, 1.165) is 35.4 Å². The maximum absolute atomic E-state index is 13.2. The van der Waals surface area contributed by atoms with Crippen LogP contribution in [-0.2, 0) is 0 Å². The van der Waals surface area contributed by atoms with Gasteiger partial charge in [-0.1, -0.05) is 31.4 Å². The zero-order valence-electron chi connectivity index (χ0n) is 20.5. The van der Waals surface area contributed by atoms with Gasteiger partial charge in [0.1, 0.15) is 11.8 Å². The second-order valence-electron chi connectivity index (χ2n) is 9.89. The summed E-state index contributed by atoms with van der Waals surface area (Å²) in [6.07, 6.45) is 9.16. The average Bonchev–Trinajstić information content (AvgIpc) is 3.55. The minimum absolute atomic E-state index is 0.123. The van der Waals surface area contributed by atoms with Crippen LogP contribution < -0.4 is 5.73 Å². The molecule has 4 N–H and O–H groups in total. The van der Waals surface area contributed by atoms with Crippen molar-refractivity contribution in [3.05, 3.63) is 54.5 Å². The number of nitrogens with zero attached hydrogens (tertiary/aromatic N) is 6. The van der Waals surface area contributed by atoms with Gasteiger partial charge in [0.2, 0.25) is 0 Å². The summed E-state index contributed by atoms with van der Waals surface area (Å²) in [7, 11) is -2.57. The van der Waals surface area contributed by atoms with E-state index in [1.807, 2.05) is 30.5 Å². The van der Waals surface area contributed by atoms with Gasteiger partial charge in [-0.3, -0.25) is 18.6 Å². The summed E-state index contributed by atoms with van der Waals surface area (Å²) in [5, 5.41) is 9.19. The van der Waals surface area contributed by atoms with Crippen molar-refractivity contribution in [2.45, 2.75) is 38.1 Å². The third-order valence-corrected chi connectivity index (χ3v) is 9.19. The third-order valence-electron chi connectivity index (χ3n) is 7.52. The number of rotatable bonds is 4. The van der Waals surface area contributed by atoms with Crippen LogP contribution in [0.15, 0.2) is 48.9 Å². The van der Waals surface area contributed by atoms with Gasteiger partial charge in [0.25, 0.3) is 5.91 Å². The van der Waals surface area contributed by atoms with Crippen molar-refractivity contribution in [1.82, 2.24) is 29.3 Å². The highest BCUT2D eigenvalue weighted by atomic mass is 32.3. The molecule has 4 heterocycles. The number of anilines is 1. The molecule has 0 bridgehead atoms. The Balaban J connectivity index is 1.40. The molecule has 1 aliphatic heterocycles. The molecule has 0 atom stereocenters. The summed E-state index contributed by atoms with van der Waals surface area (Å²) in [6, 6.07) is 11.9. The van der Waals surface area contributed by atoms with E-state index in [1.54, 1.807) is 15.5 Å². The van der Waals surface area contributed by atoms with Crippen molar-refractivity contribution in [2.75, 3.05) is 30.3 Å². The first kappa shape index (κ1) is 24.0. The average molecular weight is 522 g/mol. The molecule has 1 aromatic carbocycles. The summed E-state index contributed by atoms with van der Waals surface area (Å²) in [5.74, 6) is 0.695.